The van der Waals surface area contributed by atoms with Crippen molar-refractivity contribution in [3.05, 3.63) is 53.2 Å². The maximum Gasteiger partial charge on any atom is 0.125 e. The molecule has 1 aromatic carbocycles. The second-order valence-electron chi connectivity index (χ2n) is 4.93. The second-order valence-corrected chi connectivity index (χ2v) is 4.93. The van der Waals surface area contributed by atoms with Gasteiger partial charge < -0.3 is 14.5 Å². The van der Waals surface area contributed by atoms with E-state index in [0.717, 1.165) is 36.5 Å². The van der Waals surface area contributed by atoms with Gasteiger partial charge in [-0.3, -0.25) is 0 Å². The Kier molecular flexibility index (Phi) is 5.39. The minimum atomic E-state index is -0.281. The van der Waals surface area contributed by atoms with Gasteiger partial charge in [0, 0.05) is 12.0 Å². The molecule has 0 fully saturated rings. The van der Waals surface area contributed by atoms with E-state index < -0.39 is 0 Å². The van der Waals surface area contributed by atoms with Crippen molar-refractivity contribution >= 4 is 0 Å². The molecule has 0 spiro atoms. The molecule has 114 valence electrons. The van der Waals surface area contributed by atoms with Gasteiger partial charge in [-0.05, 0) is 43.3 Å². The smallest absolute Gasteiger partial charge is 0.125 e. The summed E-state index contributed by atoms with van der Waals surface area (Å²) >= 11 is 0. The van der Waals surface area contributed by atoms with E-state index in [1.54, 1.807) is 13.2 Å². The predicted molar refractivity (Wildman–Crippen MR) is 81.2 cm³/mol. The monoisotopic (exact) mass is 291 g/mol. The Morgan fingerprint density at radius 1 is 1.24 bits per heavy atom. The summed E-state index contributed by atoms with van der Waals surface area (Å²) in [6.45, 7) is 4.94. The van der Waals surface area contributed by atoms with E-state index in [4.69, 9.17) is 9.15 Å². The van der Waals surface area contributed by atoms with Gasteiger partial charge in [-0.25, -0.2) is 4.39 Å². The molecule has 0 amide bonds. The van der Waals surface area contributed by atoms with Crippen molar-refractivity contribution in [2.24, 2.45) is 0 Å². The summed E-state index contributed by atoms with van der Waals surface area (Å²) in [5.74, 6) is 2.07. The molecular formula is C17H22FNO2. The van der Waals surface area contributed by atoms with Gasteiger partial charge in [-0.15, -0.1) is 0 Å². The molecule has 1 heterocycles. The average molecular weight is 291 g/mol. The van der Waals surface area contributed by atoms with E-state index in [9.17, 15) is 4.39 Å². The molecule has 0 aliphatic heterocycles. The van der Waals surface area contributed by atoms with Crippen LogP contribution in [0, 0.1) is 5.82 Å². The van der Waals surface area contributed by atoms with E-state index in [1.165, 1.54) is 12.1 Å². The molecule has 0 aliphatic carbocycles. The van der Waals surface area contributed by atoms with Gasteiger partial charge in [0.05, 0.1) is 13.2 Å². The maximum absolute atomic E-state index is 13.6. The van der Waals surface area contributed by atoms with Gasteiger partial charge in [0.15, 0.2) is 0 Å². The third-order valence-corrected chi connectivity index (χ3v) is 3.42. The number of rotatable bonds is 7. The van der Waals surface area contributed by atoms with Gasteiger partial charge >= 0.3 is 0 Å². The zero-order valence-electron chi connectivity index (χ0n) is 12.8. The summed E-state index contributed by atoms with van der Waals surface area (Å²) < 4.78 is 24.9. The third kappa shape index (κ3) is 3.64. The van der Waals surface area contributed by atoms with Gasteiger partial charge in [0.2, 0.25) is 0 Å². The van der Waals surface area contributed by atoms with Gasteiger partial charge in [-0.1, -0.05) is 13.8 Å². The Labute approximate surface area is 125 Å². The number of hydrogen-bond donors (Lipinski definition) is 1. The molecule has 1 atom stereocenters. The lowest BCUT2D eigenvalue weighted by molar-refractivity contribution is 0.385. The summed E-state index contributed by atoms with van der Waals surface area (Å²) in [5, 5.41) is 3.40. The fourth-order valence-electron chi connectivity index (χ4n) is 2.32. The molecular weight excluding hydrogens is 269 g/mol. The highest BCUT2D eigenvalue weighted by atomic mass is 19.1. The molecule has 0 aliphatic rings. The number of benzene rings is 1. The Bertz CT molecular complexity index is 580. The molecule has 0 saturated heterocycles. The maximum atomic E-state index is 13.6. The van der Waals surface area contributed by atoms with E-state index in [1.807, 2.05) is 19.1 Å². The Morgan fingerprint density at radius 2 is 2.05 bits per heavy atom. The summed E-state index contributed by atoms with van der Waals surface area (Å²) in [6.07, 6.45) is 1.82. The molecule has 0 bridgehead atoms. The molecule has 1 unspecified atom stereocenters. The molecule has 1 N–H and O–H groups in total. The first-order valence-electron chi connectivity index (χ1n) is 7.35. The fraction of sp³-hybridized carbons (Fsp3) is 0.412. The first-order chi connectivity index (χ1) is 10.2. The van der Waals surface area contributed by atoms with E-state index >= 15 is 0 Å². The van der Waals surface area contributed by atoms with Crippen LogP contribution in [0.15, 0.2) is 34.7 Å². The van der Waals surface area contributed by atoms with Crippen LogP contribution in [0.2, 0.25) is 0 Å². The van der Waals surface area contributed by atoms with Crippen molar-refractivity contribution in [2.45, 2.75) is 32.7 Å². The van der Waals surface area contributed by atoms with Crippen molar-refractivity contribution in [3.63, 3.8) is 0 Å². The summed E-state index contributed by atoms with van der Waals surface area (Å²) in [7, 11) is 1.59. The van der Waals surface area contributed by atoms with Crippen LogP contribution in [0.5, 0.6) is 5.75 Å². The van der Waals surface area contributed by atoms with Crippen molar-refractivity contribution in [1.29, 1.82) is 0 Å². The molecule has 2 rings (SSSR count). The molecule has 2 aromatic rings. The van der Waals surface area contributed by atoms with Crippen molar-refractivity contribution < 1.29 is 13.5 Å². The van der Waals surface area contributed by atoms with E-state index in [0.29, 0.717) is 5.75 Å². The Morgan fingerprint density at radius 3 is 2.67 bits per heavy atom. The van der Waals surface area contributed by atoms with Crippen LogP contribution in [0.3, 0.4) is 0 Å². The molecule has 0 radical (unpaired) electrons. The average Bonchev–Trinajstić information content (AvgIpc) is 2.97. The summed E-state index contributed by atoms with van der Waals surface area (Å²) in [5.41, 5.74) is 0.753. The number of hydrogen-bond acceptors (Lipinski definition) is 3. The van der Waals surface area contributed by atoms with Crippen LogP contribution in [0.25, 0.3) is 0 Å². The third-order valence-electron chi connectivity index (χ3n) is 3.42. The Hall–Kier alpha value is -1.81. The van der Waals surface area contributed by atoms with Gasteiger partial charge in [0.1, 0.15) is 23.1 Å². The number of nitrogens with one attached hydrogen (secondary N) is 1. The second kappa shape index (κ2) is 7.27. The standard InChI is InChI=1S/C17H22FNO2/c1-4-10-19-17(16-9-7-13(5-2)21-16)14-11-12(18)6-8-15(14)20-3/h6-9,11,17,19H,4-5,10H2,1-3H3. The first-order valence-corrected chi connectivity index (χ1v) is 7.35. The van der Waals surface area contributed by atoms with Crippen molar-refractivity contribution in [2.75, 3.05) is 13.7 Å². The predicted octanol–water partition coefficient (Wildman–Crippen LogP) is 4.08. The van der Waals surface area contributed by atoms with Crippen LogP contribution >= 0.6 is 0 Å². The molecule has 4 heteroatoms. The highest BCUT2D eigenvalue weighted by Gasteiger charge is 2.21. The normalized spacial score (nSPS) is 12.4. The number of halogens is 1. The lowest BCUT2D eigenvalue weighted by Gasteiger charge is -2.19. The van der Waals surface area contributed by atoms with Crippen LogP contribution < -0.4 is 10.1 Å². The van der Waals surface area contributed by atoms with Crippen molar-refractivity contribution in [3.8, 4) is 5.75 Å². The SMILES string of the molecule is CCCNC(c1ccc(CC)o1)c1cc(F)ccc1OC. The lowest BCUT2D eigenvalue weighted by Crippen LogP contribution is -2.23. The zero-order chi connectivity index (χ0) is 15.2. The van der Waals surface area contributed by atoms with E-state index in [2.05, 4.69) is 12.2 Å². The highest BCUT2D eigenvalue weighted by Crippen LogP contribution is 2.31. The van der Waals surface area contributed by atoms with Crippen LogP contribution in [-0.2, 0) is 6.42 Å². The Balaban J connectivity index is 2.41. The minimum Gasteiger partial charge on any atom is -0.496 e. The number of furan rings is 1. The fourth-order valence-corrected chi connectivity index (χ4v) is 2.32. The van der Waals surface area contributed by atoms with Gasteiger partial charge in [0.25, 0.3) is 0 Å². The van der Waals surface area contributed by atoms with Gasteiger partial charge in [-0.2, -0.15) is 0 Å². The topological polar surface area (TPSA) is 34.4 Å². The summed E-state index contributed by atoms with van der Waals surface area (Å²) in [6, 6.07) is 8.24. The zero-order valence-corrected chi connectivity index (χ0v) is 12.8. The van der Waals surface area contributed by atoms with Crippen LogP contribution in [0.1, 0.15) is 43.4 Å². The van der Waals surface area contributed by atoms with Crippen molar-refractivity contribution in [1.82, 2.24) is 5.32 Å². The quantitative estimate of drug-likeness (QED) is 0.834. The van der Waals surface area contributed by atoms with E-state index in [-0.39, 0.29) is 11.9 Å². The highest BCUT2D eigenvalue weighted by molar-refractivity contribution is 5.40. The lowest BCUT2D eigenvalue weighted by atomic mass is 10.0. The number of methoxy groups -OCH3 is 1. The van der Waals surface area contributed by atoms with Crippen LogP contribution in [-0.4, -0.2) is 13.7 Å². The molecule has 21 heavy (non-hydrogen) atoms. The molecule has 0 saturated carbocycles. The van der Waals surface area contributed by atoms with Crippen LogP contribution in [0.4, 0.5) is 4.39 Å². The summed E-state index contributed by atoms with van der Waals surface area (Å²) in [4.78, 5) is 0. The molecule has 1 aromatic heterocycles. The largest absolute Gasteiger partial charge is 0.496 e. The minimum absolute atomic E-state index is 0.212. The number of ether oxygens (including phenoxy) is 1. The first kappa shape index (κ1) is 15.6. The molecule has 3 nitrogen and oxygen atoms in total. The number of aryl methyl sites for hydroxylation is 1.